The monoisotopic (exact) mass is 351 g/mol. The van der Waals surface area contributed by atoms with Crippen LogP contribution in [0.1, 0.15) is 29.4 Å². The first-order valence-electron chi connectivity index (χ1n) is 7.19. The summed E-state index contributed by atoms with van der Waals surface area (Å²) < 4.78 is 8.92. The molecule has 2 rings (SSSR count). The van der Waals surface area contributed by atoms with Gasteiger partial charge in [-0.2, -0.15) is 5.10 Å². The van der Waals surface area contributed by atoms with Gasteiger partial charge in [-0.05, 0) is 53.9 Å². The van der Waals surface area contributed by atoms with E-state index in [2.05, 4.69) is 47.0 Å². The van der Waals surface area contributed by atoms with Gasteiger partial charge in [-0.1, -0.05) is 24.6 Å². The van der Waals surface area contributed by atoms with Crippen molar-refractivity contribution in [1.82, 2.24) is 9.78 Å². The molecule has 0 saturated heterocycles. The zero-order chi connectivity index (χ0) is 15.4. The van der Waals surface area contributed by atoms with Gasteiger partial charge in [0.1, 0.15) is 12.4 Å². The van der Waals surface area contributed by atoms with E-state index in [0.717, 1.165) is 40.0 Å². The molecule has 0 atom stereocenters. The molecule has 0 aliphatic heterocycles. The van der Waals surface area contributed by atoms with Crippen LogP contribution in [0, 0.1) is 6.92 Å². The summed E-state index contributed by atoms with van der Waals surface area (Å²) in [6.45, 7) is 5.28. The van der Waals surface area contributed by atoms with Gasteiger partial charge in [0.25, 0.3) is 0 Å². The second kappa shape index (κ2) is 7.09. The predicted octanol–water partition coefficient (Wildman–Crippen LogP) is 3.13. The van der Waals surface area contributed by atoms with Crippen molar-refractivity contribution in [1.29, 1.82) is 0 Å². The lowest BCUT2D eigenvalue weighted by molar-refractivity contribution is 0.291. The second-order valence-electron chi connectivity index (χ2n) is 5.12. The Morgan fingerprint density at radius 1 is 1.38 bits per heavy atom. The average molecular weight is 352 g/mol. The summed E-state index contributed by atoms with van der Waals surface area (Å²) >= 11 is 3.61. The maximum atomic E-state index is 6.00. The summed E-state index contributed by atoms with van der Waals surface area (Å²) in [6, 6.07) is 6.22. The van der Waals surface area contributed by atoms with Gasteiger partial charge in [0, 0.05) is 7.05 Å². The Hall–Kier alpha value is -1.33. The molecule has 1 aromatic carbocycles. The van der Waals surface area contributed by atoms with Crippen LogP contribution in [0.15, 0.2) is 22.7 Å². The van der Waals surface area contributed by atoms with Crippen LogP contribution in [0.2, 0.25) is 0 Å². The molecule has 0 fully saturated rings. The summed E-state index contributed by atoms with van der Waals surface area (Å²) in [7, 11) is 1.94. The summed E-state index contributed by atoms with van der Waals surface area (Å²) in [5.41, 5.74) is 10.2. The minimum atomic E-state index is 0.491. The van der Waals surface area contributed by atoms with Gasteiger partial charge in [0.2, 0.25) is 0 Å². The average Bonchev–Trinajstić information content (AvgIpc) is 2.73. The lowest BCUT2D eigenvalue weighted by Crippen LogP contribution is -2.08. The molecule has 0 spiro atoms. The van der Waals surface area contributed by atoms with Crippen molar-refractivity contribution in [2.24, 2.45) is 12.8 Å². The van der Waals surface area contributed by atoms with E-state index in [4.69, 9.17) is 10.5 Å². The Morgan fingerprint density at radius 2 is 2.14 bits per heavy atom. The lowest BCUT2D eigenvalue weighted by Gasteiger charge is -2.12. The molecule has 0 aliphatic rings. The van der Waals surface area contributed by atoms with Crippen LogP contribution >= 0.6 is 15.9 Å². The third-order valence-electron chi connectivity index (χ3n) is 3.50. The number of hydrogen-bond donors (Lipinski definition) is 1. The van der Waals surface area contributed by atoms with E-state index < -0.39 is 0 Å². The molecule has 2 aromatic rings. The van der Waals surface area contributed by atoms with E-state index in [9.17, 15) is 0 Å². The van der Waals surface area contributed by atoms with Crippen LogP contribution in [0.5, 0.6) is 5.75 Å². The van der Waals surface area contributed by atoms with Crippen molar-refractivity contribution < 1.29 is 4.74 Å². The van der Waals surface area contributed by atoms with Gasteiger partial charge < -0.3 is 10.5 Å². The number of ether oxygens (including phenoxy) is 1. The minimum absolute atomic E-state index is 0.491. The van der Waals surface area contributed by atoms with Crippen molar-refractivity contribution in [3.05, 3.63) is 45.2 Å². The van der Waals surface area contributed by atoms with Crippen LogP contribution in [0.25, 0.3) is 0 Å². The van der Waals surface area contributed by atoms with E-state index in [-0.39, 0.29) is 0 Å². The Labute approximate surface area is 134 Å². The van der Waals surface area contributed by atoms with Crippen molar-refractivity contribution in [3.8, 4) is 5.75 Å². The maximum Gasteiger partial charge on any atom is 0.131 e. The fourth-order valence-corrected chi connectivity index (χ4v) is 3.05. The Bertz CT molecular complexity index is 622. The first-order valence-corrected chi connectivity index (χ1v) is 7.98. The number of rotatable bonds is 6. The van der Waals surface area contributed by atoms with Crippen LogP contribution in [-0.4, -0.2) is 16.3 Å². The molecule has 1 aromatic heterocycles. The van der Waals surface area contributed by atoms with Gasteiger partial charge in [-0.25, -0.2) is 0 Å². The molecule has 114 valence electrons. The van der Waals surface area contributed by atoms with Crippen molar-refractivity contribution in [3.63, 3.8) is 0 Å². The number of halogens is 1. The second-order valence-corrected chi connectivity index (χ2v) is 5.92. The highest BCUT2D eigenvalue weighted by molar-refractivity contribution is 9.10. The number of nitrogens with zero attached hydrogens (tertiary/aromatic N) is 2. The predicted molar refractivity (Wildman–Crippen MR) is 88.6 cm³/mol. The highest BCUT2D eigenvalue weighted by Crippen LogP contribution is 2.25. The topological polar surface area (TPSA) is 53.1 Å². The first kappa shape index (κ1) is 16.0. The molecular weight excluding hydrogens is 330 g/mol. The highest BCUT2D eigenvalue weighted by atomic mass is 79.9. The molecule has 2 N–H and O–H groups in total. The number of aromatic nitrogens is 2. The Balaban J connectivity index is 2.18. The fraction of sp³-hybridized carbons (Fsp3) is 0.438. The van der Waals surface area contributed by atoms with E-state index in [1.165, 1.54) is 5.56 Å². The summed E-state index contributed by atoms with van der Waals surface area (Å²) in [5, 5.41) is 4.48. The molecule has 21 heavy (non-hydrogen) atoms. The summed E-state index contributed by atoms with van der Waals surface area (Å²) in [5.74, 6) is 0.900. The molecule has 0 aliphatic carbocycles. The van der Waals surface area contributed by atoms with Gasteiger partial charge >= 0.3 is 0 Å². The molecule has 1 heterocycles. The zero-order valence-corrected chi connectivity index (χ0v) is 14.4. The largest absolute Gasteiger partial charge is 0.487 e. The quantitative estimate of drug-likeness (QED) is 0.869. The normalized spacial score (nSPS) is 10.9. The van der Waals surface area contributed by atoms with Crippen molar-refractivity contribution in [2.45, 2.75) is 33.3 Å². The SMILES string of the molecule is CCc1nn(C)c(COc2ccc(C)cc2CCN)c1Br. The molecule has 4 nitrogen and oxygen atoms in total. The molecule has 0 unspecified atom stereocenters. The van der Waals surface area contributed by atoms with Gasteiger partial charge in [0.05, 0.1) is 15.9 Å². The zero-order valence-electron chi connectivity index (χ0n) is 12.8. The molecule has 5 heteroatoms. The van der Waals surface area contributed by atoms with Crippen LogP contribution in [-0.2, 0) is 26.5 Å². The molecule has 0 bridgehead atoms. The Kier molecular flexibility index (Phi) is 5.42. The van der Waals surface area contributed by atoms with E-state index in [1.807, 2.05) is 17.8 Å². The van der Waals surface area contributed by atoms with Crippen molar-refractivity contribution in [2.75, 3.05) is 6.54 Å². The maximum absolute atomic E-state index is 6.00. The summed E-state index contributed by atoms with van der Waals surface area (Å²) in [6.07, 6.45) is 1.72. The van der Waals surface area contributed by atoms with E-state index >= 15 is 0 Å². The molecule has 0 radical (unpaired) electrons. The van der Waals surface area contributed by atoms with Crippen LogP contribution in [0.4, 0.5) is 0 Å². The smallest absolute Gasteiger partial charge is 0.131 e. The fourth-order valence-electron chi connectivity index (χ4n) is 2.32. The molecular formula is C16H22BrN3O. The van der Waals surface area contributed by atoms with Crippen LogP contribution < -0.4 is 10.5 Å². The standard InChI is InChI=1S/C16H22BrN3O/c1-4-13-16(17)14(20(3)19-13)10-21-15-6-5-11(2)9-12(15)7-8-18/h5-6,9H,4,7-8,10,18H2,1-3H3. The molecule has 0 saturated carbocycles. The van der Waals surface area contributed by atoms with Crippen molar-refractivity contribution >= 4 is 15.9 Å². The number of nitrogens with two attached hydrogens (primary N) is 1. The van der Waals surface area contributed by atoms with Crippen LogP contribution in [0.3, 0.4) is 0 Å². The lowest BCUT2D eigenvalue weighted by atomic mass is 10.1. The minimum Gasteiger partial charge on any atom is -0.487 e. The van der Waals surface area contributed by atoms with E-state index in [1.54, 1.807) is 0 Å². The van der Waals surface area contributed by atoms with Gasteiger partial charge in [0.15, 0.2) is 0 Å². The summed E-state index contributed by atoms with van der Waals surface area (Å²) in [4.78, 5) is 0. The van der Waals surface area contributed by atoms with Gasteiger partial charge in [-0.15, -0.1) is 0 Å². The third-order valence-corrected chi connectivity index (χ3v) is 4.41. The van der Waals surface area contributed by atoms with Gasteiger partial charge in [-0.3, -0.25) is 4.68 Å². The third kappa shape index (κ3) is 3.66. The van der Waals surface area contributed by atoms with E-state index in [0.29, 0.717) is 13.2 Å². The first-order chi connectivity index (χ1) is 10.1. The number of hydrogen-bond acceptors (Lipinski definition) is 3. The number of aryl methyl sites for hydroxylation is 3. The molecule has 0 amide bonds. The highest BCUT2D eigenvalue weighted by Gasteiger charge is 2.13. The number of benzene rings is 1. The Morgan fingerprint density at radius 3 is 2.76 bits per heavy atom.